The Morgan fingerprint density at radius 1 is 1.17 bits per heavy atom. The minimum absolute atomic E-state index is 0.0479. The number of carbonyl (C=O) groups excluding carboxylic acids is 1. The van der Waals surface area contributed by atoms with E-state index in [1.54, 1.807) is 24.5 Å². The molecule has 0 bridgehead atoms. The quantitative estimate of drug-likeness (QED) is 0.520. The molecule has 29 heavy (non-hydrogen) atoms. The summed E-state index contributed by atoms with van der Waals surface area (Å²) in [4.78, 5) is 21.6. The molecule has 0 aliphatic carbocycles. The molecule has 3 aromatic rings. The van der Waals surface area contributed by atoms with E-state index >= 15 is 0 Å². The van der Waals surface area contributed by atoms with Crippen molar-refractivity contribution in [2.45, 2.75) is 6.54 Å². The zero-order chi connectivity index (χ0) is 20.4. The average molecular weight is 468 g/mol. The number of aromatic nitrogens is 1. The summed E-state index contributed by atoms with van der Waals surface area (Å²) < 4.78 is 6.20. The Morgan fingerprint density at radius 2 is 1.90 bits per heavy atom. The lowest BCUT2D eigenvalue weighted by atomic mass is 10.2. The zero-order valence-corrected chi connectivity index (χ0v) is 18.9. The van der Waals surface area contributed by atoms with Crippen molar-refractivity contribution in [1.29, 1.82) is 0 Å². The molecule has 4 rings (SSSR count). The summed E-state index contributed by atoms with van der Waals surface area (Å²) in [5.41, 5.74) is 2.63. The number of thiazole rings is 1. The number of carbonyl (C=O) groups is 1. The van der Waals surface area contributed by atoms with Gasteiger partial charge in [0.2, 0.25) is 0 Å². The molecule has 0 atom stereocenters. The number of hydrogen-bond donors (Lipinski definition) is 0. The standard InChI is InChI=1S/C20H19Cl2N3O2S2/c1-27-15-4-2-13(3-5-15)19-23-14(12-28-19)11-24-6-8-25(9-7-24)20(26)16-10-17(21)29-18(16)22/h2-5,10,12H,6-9,11H2,1H3. The molecule has 0 saturated carbocycles. The van der Waals surface area contributed by atoms with Crippen LogP contribution in [-0.4, -0.2) is 54.0 Å². The van der Waals surface area contributed by atoms with Crippen molar-refractivity contribution in [2.75, 3.05) is 33.3 Å². The Bertz CT molecular complexity index is 996. The normalized spacial score (nSPS) is 14.9. The van der Waals surface area contributed by atoms with Crippen molar-refractivity contribution in [3.8, 4) is 16.3 Å². The van der Waals surface area contributed by atoms with Gasteiger partial charge in [0.05, 0.1) is 22.7 Å². The van der Waals surface area contributed by atoms with E-state index in [1.165, 1.54) is 11.3 Å². The number of thiophene rings is 1. The predicted molar refractivity (Wildman–Crippen MR) is 120 cm³/mol. The van der Waals surface area contributed by atoms with Crippen LogP contribution in [-0.2, 0) is 6.54 Å². The molecule has 2 aromatic heterocycles. The van der Waals surface area contributed by atoms with Gasteiger partial charge in [0.1, 0.15) is 15.1 Å². The van der Waals surface area contributed by atoms with E-state index in [4.69, 9.17) is 32.9 Å². The first-order valence-electron chi connectivity index (χ1n) is 9.09. The van der Waals surface area contributed by atoms with Crippen molar-refractivity contribution >= 4 is 51.8 Å². The molecule has 0 radical (unpaired) electrons. The van der Waals surface area contributed by atoms with Gasteiger partial charge in [-0.15, -0.1) is 22.7 Å². The lowest BCUT2D eigenvalue weighted by Gasteiger charge is -2.34. The van der Waals surface area contributed by atoms with Crippen LogP contribution in [0.15, 0.2) is 35.7 Å². The van der Waals surface area contributed by atoms with E-state index in [2.05, 4.69) is 10.3 Å². The number of methoxy groups -OCH3 is 1. The van der Waals surface area contributed by atoms with Crippen molar-refractivity contribution < 1.29 is 9.53 Å². The molecule has 0 N–H and O–H groups in total. The smallest absolute Gasteiger partial charge is 0.256 e. The van der Waals surface area contributed by atoms with Gasteiger partial charge in [-0.2, -0.15) is 0 Å². The second kappa shape index (κ2) is 9.02. The van der Waals surface area contributed by atoms with Gasteiger partial charge in [0, 0.05) is 43.7 Å². The number of nitrogens with zero attached hydrogens (tertiary/aromatic N) is 3. The lowest BCUT2D eigenvalue weighted by molar-refractivity contribution is 0.0628. The maximum atomic E-state index is 12.7. The van der Waals surface area contributed by atoms with E-state index in [0.29, 0.717) is 27.3 Å². The number of amides is 1. The van der Waals surface area contributed by atoms with Crippen LogP contribution in [0.1, 0.15) is 16.1 Å². The minimum Gasteiger partial charge on any atom is -0.497 e. The molecule has 3 heterocycles. The highest BCUT2D eigenvalue weighted by Gasteiger charge is 2.25. The summed E-state index contributed by atoms with van der Waals surface area (Å²) >= 11 is 15.0. The summed E-state index contributed by atoms with van der Waals surface area (Å²) in [6, 6.07) is 9.58. The van der Waals surface area contributed by atoms with E-state index < -0.39 is 0 Å². The molecule has 1 saturated heterocycles. The van der Waals surface area contributed by atoms with Crippen LogP contribution in [0.4, 0.5) is 0 Å². The molecule has 9 heteroatoms. The fourth-order valence-corrected chi connectivity index (χ4v) is 5.51. The van der Waals surface area contributed by atoms with Crippen molar-refractivity contribution in [3.05, 3.63) is 55.6 Å². The zero-order valence-electron chi connectivity index (χ0n) is 15.7. The Morgan fingerprint density at radius 3 is 2.52 bits per heavy atom. The van der Waals surface area contributed by atoms with Crippen LogP contribution >= 0.6 is 45.9 Å². The lowest BCUT2D eigenvalue weighted by Crippen LogP contribution is -2.48. The molecule has 1 aromatic carbocycles. The fraction of sp³-hybridized carbons (Fsp3) is 0.300. The van der Waals surface area contributed by atoms with Crippen LogP contribution < -0.4 is 4.74 Å². The van der Waals surface area contributed by atoms with Gasteiger partial charge in [0.15, 0.2) is 0 Å². The van der Waals surface area contributed by atoms with Gasteiger partial charge in [-0.05, 0) is 30.3 Å². The topological polar surface area (TPSA) is 45.7 Å². The number of ether oxygens (including phenoxy) is 1. The van der Waals surface area contributed by atoms with Gasteiger partial charge < -0.3 is 9.64 Å². The van der Waals surface area contributed by atoms with Crippen LogP contribution in [0.5, 0.6) is 5.75 Å². The third-order valence-electron chi connectivity index (χ3n) is 4.82. The Kier molecular flexibility index (Phi) is 6.41. The summed E-state index contributed by atoms with van der Waals surface area (Å²) in [5, 5.41) is 3.10. The van der Waals surface area contributed by atoms with Gasteiger partial charge in [-0.3, -0.25) is 9.69 Å². The van der Waals surface area contributed by atoms with Gasteiger partial charge >= 0.3 is 0 Å². The fourth-order valence-electron chi connectivity index (χ4n) is 3.24. The largest absolute Gasteiger partial charge is 0.497 e. The molecule has 0 unspecified atom stereocenters. The summed E-state index contributed by atoms with van der Waals surface area (Å²) in [7, 11) is 1.66. The first-order chi connectivity index (χ1) is 14.0. The van der Waals surface area contributed by atoms with Crippen molar-refractivity contribution in [2.24, 2.45) is 0 Å². The molecular formula is C20H19Cl2N3O2S2. The van der Waals surface area contributed by atoms with Gasteiger partial charge in [-0.1, -0.05) is 23.2 Å². The highest BCUT2D eigenvalue weighted by atomic mass is 35.5. The second-order valence-corrected chi connectivity index (χ2v) is 9.82. The van der Waals surface area contributed by atoms with E-state index in [-0.39, 0.29) is 5.91 Å². The first kappa shape index (κ1) is 20.6. The van der Waals surface area contributed by atoms with Crippen LogP contribution in [0, 0.1) is 0 Å². The van der Waals surface area contributed by atoms with Crippen molar-refractivity contribution in [1.82, 2.24) is 14.8 Å². The van der Waals surface area contributed by atoms with E-state index in [1.807, 2.05) is 29.2 Å². The molecule has 1 fully saturated rings. The monoisotopic (exact) mass is 467 g/mol. The molecule has 0 spiro atoms. The number of halogens is 2. The van der Waals surface area contributed by atoms with Crippen LogP contribution in [0.3, 0.4) is 0 Å². The maximum Gasteiger partial charge on any atom is 0.256 e. The summed E-state index contributed by atoms with van der Waals surface area (Å²) in [5.74, 6) is 0.789. The van der Waals surface area contributed by atoms with Crippen LogP contribution in [0.25, 0.3) is 10.6 Å². The van der Waals surface area contributed by atoms with Gasteiger partial charge in [-0.25, -0.2) is 4.98 Å². The number of hydrogen-bond acceptors (Lipinski definition) is 6. The predicted octanol–water partition coefficient (Wildman–Crippen LogP) is 5.15. The van der Waals surface area contributed by atoms with E-state index in [9.17, 15) is 4.79 Å². The third-order valence-corrected chi connectivity index (χ3v) is 7.25. The number of rotatable bonds is 5. The molecule has 1 aliphatic rings. The Labute approximate surface area is 187 Å². The Balaban J connectivity index is 1.33. The third kappa shape index (κ3) is 4.75. The molecule has 152 valence electrons. The van der Waals surface area contributed by atoms with Crippen LogP contribution in [0.2, 0.25) is 8.67 Å². The molecule has 5 nitrogen and oxygen atoms in total. The molecule has 1 aliphatic heterocycles. The summed E-state index contributed by atoms with van der Waals surface area (Å²) in [6.07, 6.45) is 0. The highest BCUT2D eigenvalue weighted by molar-refractivity contribution is 7.20. The number of piperazine rings is 1. The first-order valence-corrected chi connectivity index (χ1v) is 11.5. The SMILES string of the molecule is COc1ccc(-c2nc(CN3CCN(C(=O)c4cc(Cl)sc4Cl)CC3)cs2)cc1. The van der Waals surface area contributed by atoms with Crippen molar-refractivity contribution in [3.63, 3.8) is 0 Å². The second-order valence-electron chi connectivity index (χ2n) is 6.68. The average Bonchev–Trinajstić information content (AvgIpc) is 3.34. The molecular weight excluding hydrogens is 449 g/mol. The molecule has 1 amide bonds. The number of benzene rings is 1. The van der Waals surface area contributed by atoms with E-state index in [0.717, 1.165) is 41.6 Å². The highest BCUT2D eigenvalue weighted by Crippen LogP contribution is 2.32. The maximum absolute atomic E-state index is 12.7. The van der Waals surface area contributed by atoms with Gasteiger partial charge in [0.25, 0.3) is 5.91 Å². The minimum atomic E-state index is -0.0479. The Hall–Kier alpha value is -1.64. The summed E-state index contributed by atoms with van der Waals surface area (Å²) in [6.45, 7) is 3.71.